The first-order valence-electron chi connectivity index (χ1n) is 8.71. The lowest BCUT2D eigenvalue weighted by atomic mass is 10.1. The average molecular weight is 441 g/mol. The highest BCUT2D eigenvalue weighted by Crippen LogP contribution is 2.24. The minimum absolute atomic E-state index is 0.00147. The fourth-order valence-electron chi connectivity index (χ4n) is 2.46. The zero-order valence-electron chi connectivity index (χ0n) is 15.4. The van der Waals surface area contributed by atoms with Gasteiger partial charge in [0.2, 0.25) is 10.0 Å². The summed E-state index contributed by atoms with van der Waals surface area (Å²) < 4.78 is 45.2. The molecule has 10 heteroatoms. The van der Waals surface area contributed by atoms with Crippen LogP contribution in [-0.4, -0.2) is 32.9 Å². The van der Waals surface area contributed by atoms with E-state index in [0.717, 1.165) is 25.0 Å². The number of sulfonamides is 1. The number of ether oxygens (including phenoxy) is 1. The van der Waals surface area contributed by atoms with Gasteiger partial charge < -0.3 is 10.1 Å². The molecule has 2 aromatic rings. The molecular weight excluding hydrogens is 423 g/mol. The second-order valence-corrected chi connectivity index (χ2v) is 8.74. The number of hydrogen-bond donors (Lipinski definition) is 2. The SMILES string of the molecule is Cc1ccc(S(=O)(=O)NC2CC2)cc1C(=O)OCC(=O)Nc1ccc(F)cc1Cl. The largest absolute Gasteiger partial charge is 0.452 e. The third kappa shape index (κ3) is 5.53. The first-order chi connectivity index (χ1) is 13.7. The monoisotopic (exact) mass is 440 g/mol. The molecular formula is C19H18ClFN2O5S. The molecule has 3 rings (SSSR count). The van der Waals surface area contributed by atoms with Crippen LogP contribution >= 0.6 is 11.6 Å². The Hall–Kier alpha value is -2.49. The smallest absolute Gasteiger partial charge is 0.338 e. The highest BCUT2D eigenvalue weighted by molar-refractivity contribution is 7.89. The Labute approximate surface area is 172 Å². The van der Waals surface area contributed by atoms with E-state index in [1.54, 1.807) is 6.92 Å². The molecule has 0 atom stereocenters. The van der Waals surface area contributed by atoms with Crippen LogP contribution in [0.15, 0.2) is 41.3 Å². The predicted molar refractivity (Wildman–Crippen MR) is 105 cm³/mol. The van der Waals surface area contributed by atoms with E-state index < -0.39 is 34.3 Å². The first kappa shape index (κ1) is 21.2. The lowest BCUT2D eigenvalue weighted by Gasteiger charge is -2.11. The quantitative estimate of drug-likeness (QED) is 0.644. The molecule has 0 radical (unpaired) electrons. The van der Waals surface area contributed by atoms with Gasteiger partial charge in [0, 0.05) is 6.04 Å². The number of aryl methyl sites for hydroxylation is 1. The van der Waals surface area contributed by atoms with Crippen LogP contribution < -0.4 is 10.0 Å². The van der Waals surface area contributed by atoms with Crippen LogP contribution in [0.1, 0.15) is 28.8 Å². The molecule has 2 aromatic carbocycles. The van der Waals surface area contributed by atoms with Gasteiger partial charge in [-0.15, -0.1) is 0 Å². The molecule has 0 aromatic heterocycles. The van der Waals surface area contributed by atoms with Crippen LogP contribution in [0, 0.1) is 12.7 Å². The van der Waals surface area contributed by atoms with E-state index in [1.807, 2.05) is 0 Å². The molecule has 0 aliphatic heterocycles. The van der Waals surface area contributed by atoms with Gasteiger partial charge in [0.05, 0.1) is 21.2 Å². The number of hydrogen-bond acceptors (Lipinski definition) is 5. The van der Waals surface area contributed by atoms with Crippen molar-refractivity contribution in [2.45, 2.75) is 30.7 Å². The fraction of sp³-hybridized carbons (Fsp3) is 0.263. The minimum atomic E-state index is -3.73. The summed E-state index contributed by atoms with van der Waals surface area (Å²) in [6.45, 7) is 1.00. The molecule has 1 aliphatic rings. The third-order valence-electron chi connectivity index (χ3n) is 4.18. The topological polar surface area (TPSA) is 102 Å². The Morgan fingerprint density at radius 3 is 2.59 bits per heavy atom. The van der Waals surface area contributed by atoms with Gasteiger partial charge in [-0.1, -0.05) is 17.7 Å². The molecule has 1 aliphatic carbocycles. The van der Waals surface area contributed by atoms with E-state index in [-0.39, 0.29) is 27.2 Å². The van der Waals surface area contributed by atoms with Gasteiger partial charge in [-0.3, -0.25) is 4.79 Å². The second-order valence-electron chi connectivity index (χ2n) is 6.62. The second kappa shape index (κ2) is 8.48. The van der Waals surface area contributed by atoms with Crippen molar-refractivity contribution in [1.82, 2.24) is 4.72 Å². The van der Waals surface area contributed by atoms with Crippen molar-refractivity contribution >= 4 is 39.2 Å². The fourth-order valence-corrected chi connectivity index (χ4v) is 4.01. The Kier molecular flexibility index (Phi) is 6.21. The summed E-state index contributed by atoms with van der Waals surface area (Å²) in [5, 5.41) is 2.40. The number of nitrogens with one attached hydrogen (secondary N) is 2. The molecule has 0 unspecified atom stereocenters. The number of anilines is 1. The number of rotatable bonds is 7. The Balaban J connectivity index is 1.65. The van der Waals surface area contributed by atoms with Crippen LogP contribution in [0.3, 0.4) is 0 Å². The van der Waals surface area contributed by atoms with Crippen molar-refractivity contribution in [3.05, 3.63) is 58.4 Å². The van der Waals surface area contributed by atoms with E-state index >= 15 is 0 Å². The van der Waals surface area contributed by atoms with Gasteiger partial charge in [0.25, 0.3) is 5.91 Å². The number of carbonyl (C=O) groups is 2. The number of amides is 1. The highest BCUT2D eigenvalue weighted by atomic mass is 35.5. The van der Waals surface area contributed by atoms with E-state index in [1.165, 1.54) is 24.3 Å². The van der Waals surface area contributed by atoms with E-state index in [9.17, 15) is 22.4 Å². The predicted octanol–water partition coefficient (Wildman–Crippen LogP) is 3.02. The number of halogens is 2. The molecule has 0 bridgehead atoms. The molecule has 0 spiro atoms. The van der Waals surface area contributed by atoms with Crippen molar-refractivity contribution in [2.24, 2.45) is 0 Å². The summed E-state index contributed by atoms with van der Waals surface area (Å²) in [6, 6.07) is 7.49. The minimum Gasteiger partial charge on any atom is -0.452 e. The Bertz CT molecular complexity index is 1070. The maximum Gasteiger partial charge on any atom is 0.338 e. The normalized spacial score (nSPS) is 13.8. The number of benzene rings is 2. The van der Waals surface area contributed by atoms with Crippen LogP contribution in [0.2, 0.25) is 5.02 Å². The highest BCUT2D eigenvalue weighted by Gasteiger charge is 2.28. The van der Waals surface area contributed by atoms with E-state index in [4.69, 9.17) is 16.3 Å². The van der Waals surface area contributed by atoms with Crippen molar-refractivity contribution in [1.29, 1.82) is 0 Å². The number of esters is 1. The average Bonchev–Trinajstić information content (AvgIpc) is 3.45. The Morgan fingerprint density at radius 2 is 1.93 bits per heavy atom. The summed E-state index contributed by atoms with van der Waals surface area (Å²) in [6.07, 6.45) is 1.57. The molecule has 29 heavy (non-hydrogen) atoms. The van der Waals surface area contributed by atoms with Crippen molar-refractivity contribution in [3.8, 4) is 0 Å². The lowest BCUT2D eigenvalue weighted by Crippen LogP contribution is -2.26. The summed E-state index contributed by atoms with van der Waals surface area (Å²) in [4.78, 5) is 24.3. The summed E-state index contributed by atoms with van der Waals surface area (Å²) >= 11 is 5.83. The molecule has 1 amide bonds. The van der Waals surface area contributed by atoms with Crippen LogP contribution in [0.5, 0.6) is 0 Å². The molecule has 154 valence electrons. The molecule has 1 fully saturated rings. The van der Waals surface area contributed by atoms with E-state index in [2.05, 4.69) is 10.0 Å². The summed E-state index contributed by atoms with van der Waals surface area (Å²) in [7, 11) is -3.73. The maximum atomic E-state index is 13.0. The zero-order valence-corrected chi connectivity index (χ0v) is 16.9. The van der Waals surface area contributed by atoms with Gasteiger partial charge in [-0.2, -0.15) is 0 Å². The Morgan fingerprint density at radius 1 is 1.21 bits per heavy atom. The van der Waals surface area contributed by atoms with Gasteiger partial charge in [0.15, 0.2) is 6.61 Å². The number of carbonyl (C=O) groups excluding carboxylic acids is 2. The van der Waals surface area contributed by atoms with Gasteiger partial charge in [-0.05, 0) is 55.7 Å². The molecule has 2 N–H and O–H groups in total. The summed E-state index contributed by atoms with van der Waals surface area (Å²) in [5.74, 6) is -2.07. The first-order valence-corrected chi connectivity index (χ1v) is 10.6. The molecule has 1 saturated carbocycles. The van der Waals surface area contributed by atoms with Crippen LogP contribution in [0.4, 0.5) is 10.1 Å². The van der Waals surface area contributed by atoms with Crippen molar-refractivity contribution < 1.29 is 27.1 Å². The zero-order chi connectivity index (χ0) is 21.2. The molecule has 0 saturated heterocycles. The summed E-state index contributed by atoms with van der Waals surface area (Å²) in [5.41, 5.74) is 0.711. The van der Waals surface area contributed by atoms with Crippen molar-refractivity contribution in [3.63, 3.8) is 0 Å². The third-order valence-corrected chi connectivity index (χ3v) is 6.01. The van der Waals surface area contributed by atoms with Crippen LogP contribution in [0.25, 0.3) is 0 Å². The van der Waals surface area contributed by atoms with Gasteiger partial charge in [-0.25, -0.2) is 22.3 Å². The van der Waals surface area contributed by atoms with Crippen molar-refractivity contribution in [2.75, 3.05) is 11.9 Å². The van der Waals surface area contributed by atoms with Gasteiger partial charge in [0.1, 0.15) is 5.82 Å². The lowest BCUT2D eigenvalue weighted by molar-refractivity contribution is -0.119. The molecule has 7 nitrogen and oxygen atoms in total. The molecule has 0 heterocycles. The van der Waals surface area contributed by atoms with Crippen LogP contribution in [-0.2, 0) is 19.6 Å². The maximum absolute atomic E-state index is 13.0. The van der Waals surface area contributed by atoms with E-state index in [0.29, 0.717) is 5.56 Å². The standard InChI is InChI=1S/C19H18ClFN2O5S/c1-11-2-6-14(29(26,27)23-13-4-5-13)9-15(11)19(25)28-10-18(24)22-17-7-3-12(21)8-16(17)20/h2-3,6-9,13,23H,4-5,10H2,1H3,(H,22,24). The van der Waals surface area contributed by atoms with Gasteiger partial charge >= 0.3 is 5.97 Å².